The monoisotopic (exact) mass is 239 g/mol. The van der Waals surface area contributed by atoms with E-state index in [9.17, 15) is 8.78 Å². The predicted molar refractivity (Wildman–Crippen MR) is 59.0 cm³/mol. The molecule has 0 aliphatic rings. The molecule has 90 valence electrons. The number of anilines is 1. The molecule has 6 heteroatoms. The van der Waals surface area contributed by atoms with Crippen molar-refractivity contribution in [3.8, 4) is 5.75 Å². The number of H-pyrrole nitrogens is 1. The first kappa shape index (κ1) is 11.4. The number of rotatable bonds is 5. The van der Waals surface area contributed by atoms with E-state index in [1.54, 1.807) is 18.3 Å². The van der Waals surface area contributed by atoms with Gasteiger partial charge in [-0.1, -0.05) is 0 Å². The van der Waals surface area contributed by atoms with E-state index in [-0.39, 0.29) is 5.75 Å². The highest BCUT2D eigenvalue weighted by molar-refractivity contribution is 5.46. The molecule has 4 nitrogen and oxygen atoms in total. The fraction of sp³-hybridized carbons (Fsp3) is 0.182. The van der Waals surface area contributed by atoms with E-state index in [2.05, 4.69) is 20.3 Å². The fourth-order valence-electron chi connectivity index (χ4n) is 1.33. The Kier molecular flexibility index (Phi) is 3.54. The van der Waals surface area contributed by atoms with E-state index in [4.69, 9.17) is 0 Å². The topological polar surface area (TPSA) is 49.9 Å². The molecule has 0 bridgehead atoms. The largest absolute Gasteiger partial charge is 0.435 e. The third-order valence-corrected chi connectivity index (χ3v) is 2.12. The molecule has 0 amide bonds. The highest BCUT2D eigenvalue weighted by Crippen LogP contribution is 2.17. The Bertz CT molecular complexity index is 442. The number of aromatic nitrogens is 2. The summed E-state index contributed by atoms with van der Waals surface area (Å²) in [7, 11) is 0. The van der Waals surface area contributed by atoms with Crippen molar-refractivity contribution in [3.63, 3.8) is 0 Å². The number of hydrogen-bond acceptors (Lipinski definition) is 3. The molecule has 0 aliphatic carbocycles. The van der Waals surface area contributed by atoms with Gasteiger partial charge in [0.25, 0.3) is 0 Å². The molecule has 1 aromatic heterocycles. The van der Waals surface area contributed by atoms with Crippen LogP contribution in [0.3, 0.4) is 0 Å². The van der Waals surface area contributed by atoms with Crippen LogP contribution in [0.25, 0.3) is 0 Å². The van der Waals surface area contributed by atoms with Crippen LogP contribution < -0.4 is 10.1 Å². The van der Waals surface area contributed by atoms with Gasteiger partial charge in [-0.15, -0.1) is 0 Å². The molecule has 0 unspecified atom stereocenters. The summed E-state index contributed by atoms with van der Waals surface area (Å²) >= 11 is 0. The minimum atomic E-state index is -2.79. The summed E-state index contributed by atoms with van der Waals surface area (Å²) in [5, 5.41) is 9.73. The number of hydrogen-bond donors (Lipinski definition) is 2. The van der Waals surface area contributed by atoms with Crippen LogP contribution in [0.1, 0.15) is 5.69 Å². The van der Waals surface area contributed by atoms with Gasteiger partial charge in [-0.25, -0.2) is 0 Å². The molecule has 2 aromatic rings. The molecule has 0 spiro atoms. The van der Waals surface area contributed by atoms with Crippen molar-refractivity contribution in [2.24, 2.45) is 0 Å². The number of nitrogens with one attached hydrogen (secondary N) is 2. The second-order valence-corrected chi connectivity index (χ2v) is 3.34. The summed E-state index contributed by atoms with van der Waals surface area (Å²) < 4.78 is 28.1. The average molecular weight is 239 g/mol. The Balaban J connectivity index is 1.89. The van der Waals surface area contributed by atoms with Crippen molar-refractivity contribution >= 4 is 5.69 Å². The summed E-state index contributed by atoms with van der Waals surface area (Å²) in [5.41, 5.74) is 1.76. The number of benzene rings is 1. The number of nitrogens with zero attached hydrogens (tertiary/aromatic N) is 1. The van der Waals surface area contributed by atoms with E-state index in [0.717, 1.165) is 11.4 Å². The van der Waals surface area contributed by atoms with Gasteiger partial charge in [0.05, 0.1) is 12.2 Å². The standard InChI is InChI=1S/C11H11F2N3O/c12-11(13)17-10-3-1-8(2-4-10)14-7-9-5-6-15-16-9/h1-6,11,14H,7H2,(H,15,16). The molecule has 0 radical (unpaired) electrons. The summed E-state index contributed by atoms with van der Waals surface area (Å²) in [6.45, 7) is -2.20. The van der Waals surface area contributed by atoms with Crippen LogP contribution in [0.4, 0.5) is 14.5 Å². The predicted octanol–water partition coefficient (Wildman–Crippen LogP) is 2.62. The molecule has 17 heavy (non-hydrogen) atoms. The van der Waals surface area contributed by atoms with E-state index >= 15 is 0 Å². The highest BCUT2D eigenvalue weighted by Gasteiger charge is 2.03. The lowest BCUT2D eigenvalue weighted by molar-refractivity contribution is -0.0498. The van der Waals surface area contributed by atoms with Gasteiger partial charge in [0.2, 0.25) is 0 Å². The molecule has 0 saturated heterocycles. The molecular weight excluding hydrogens is 228 g/mol. The molecule has 0 atom stereocenters. The molecular formula is C11H11F2N3O. The summed E-state index contributed by atoms with van der Waals surface area (Å²) in [4.78, 5) is 0. The first-order valence-corrected chi connectivity index (χ1v) is 5.01. The second-order valence-electron chi connectivity index (χ2n) is 3.34. The third kappa shape index (κ3) is 3.44. The summed E-state index contributed by atoms with van der Waals surface area (Å²) in [5.74, 6) is 0.145. The number of halogens is 2. The molecule has 1 aromatic carbocycles. The van der Waals surface area contributed by atoms with E-state index < -0.39 is 6.61 Å². The van der Waals surface area contributed by atoms with Gasteiger partial charge >= 0.3 is 6.61 Å². The second kappa shape index (κ2) is 5.29. The fourth-order valence-corrected chi connectivity index (χ4v) is 1.33. The van der Waals surface area contributed by atoms with Gasteiger partial charge in [-0.3, -0.25) is 5.10 Å². The zero-order chi connectivity index (χ0) is 12.1. The summed E-state index contributed by atoms with van der Waals surface area (Å²) in [6, 6.07) is 8.17. The zero-order valence-electron chi connectivity index (χ0n) is 8.86. The van der Waals surface area contributed by atoms with Crippen molar-refractivity contribution < 1.29 is 13.5 Å². The molecule has 2 rings (SSSR count). The van der Waals surface area contributed by atoms with Gasteiger partial charge < -0.3 is 10.1 Å². The lowest BCUT2D eigenvalue weighted by Crippen LogP contribution is -2.02. The maximum Gasteiger partial charge on any atom is 0.387 e. The van der Waals surface area contributed by atoms with E-state index in [1.807, 2.05) is 6.07 Å². The molecule has 1 heterocycles. The van der Waals surface area contributed by atoms with Crippen LogP contribution >= 0.6 is 0 Å². The number of aromatic amines is 1. The van der Waals surface area contributed by atoms with Crippen molar-refractivity contribution in [2.45, 2.75) is 13.2 Å². The van der Waals surface area contributed by atoms with Crippen LogP contribution in [-0.4, -0.2) is 16.8 Å². The maximum atomic E-state index is 11.9. The Morgan fingerprint density at radius 2 is 2.00 bits per heavy atom. The lowest BCUT2D eigenvalue weighted by Gasteiger charge is -2.07. The third-order valence-electron chi connectivity index (χ3n) is 2.12. The lowest BCUT2D eigenvalue weighted by atomic mass is 10.3. The minimum Gasteiger partial charge on any atom is -0.435 e. The van der Waals surface area contributed by atoms with E-state index in [1.165, 1.54) is 12.1 Å². The van der Waals surface area contributed by atoms with Gasteiger partial charge in [0, 0.05) is 11.9 Å². The highest BCUT2D eigenvalue weighted by atomic mass is 19.3. The molecule has 0 fully saturated rings. The van der Waals surface area contributed by atoms with Gasteiger partial charge in [-0.05, 0) is 30.3 Å². The molecule has 0 aliphatic heterocycles. The number of ether oxygens (including phenoxy) is 1. The minimum absolute atomic E-state index is 0.145. The van der Waals surface area contributed by atoms with Gasteiger partial charge in [0.1, 0.15) is 5.75 Å². The Morgan fingerprint density at radius 3 is 2.59 bits per heavy atom. The van der Waals surface area contributed by atoms with E-state index in [0.29, 0.717) is 6.54 Å². The Hall–Kier alpha value is -2.11. The van der Waals surface area contributed by atoms with Crippen LogP contribution in [0.5, 0.6) is 5.75 Å². The van der Waals surface area contributed by atoms with Crippen molar-refractivity contribution in [2.75, 3.05) is 5.32 Å². The Morgan fingerprint density at radius 1 is 1.24 bits per heavy atom. The van der Waals surface area contributed by atoms with Crippen LogP contribution in [0, 0.1) is 0 Å². The van der Waals surface area contributed by atoms with Crippen molar-refractivity contribution in [1.82, 2.24) is 10.2 Å². The molecule has 0 saturated carbocycles. The number of alkyl halides is 2. The first-order valence-electron chi connectivity index (χ1n) is 5.01. The van der Waals surface area contributed by atoms with Crippen molar-refractivity contribution in [1.29, 1.82) is 0 Å². The van der Waals surface area contributed by atoms with Crippen LogP contribution in [0.15, 0.2) is 36.5 Å². The summed E-state index contributed by atoms with van der Waals surface area (Å²) in [6.07, 6.45) is 1.66. The van der Waals surface area contributed by atoms with Gasteiger partial charge in [-0.2, -0.15) is 13.9 Å². The SMILES string of the molecule is FC(F)Oc1ccc(NCc2ccn[nH]2)cc1. The maximum absolute atomic E-state index is 11.9. The van der Waals surface area contributed by atoms with Crippen LogP contribution in [-0.2, 0) is 6.54 Å². The zero-order valence-corrected chi connectivity index (χ0v) is 8.86. The average Bonchev–Trinajstić information content (AvgIpc) is 2.80. The Labute approximate surface area is 96.6 Å². The smallest absolute Gasteiger partial charge is 0.387 e. The first-order chi connectivity index (χ1) is 8.24. The van der Waals surface area contributed by atoms with Gasteiger partial charge in [0.15, 0.2) is 0 Å². The van der Waals surface area contributed by atoms with Crippen molar-refractivity contribution in [3.05, 3.63) is 42.2 Å². The quantitative estimate of drug-likeness (QED) is 0.843. The molecule has 2 N–H and O–H groups in total. The normalized spacial score (nSPS) is 10.5. The van der Waals surface area contributed by atoms with Crippen LogP contribution in [0.2, 0.25) is 0 Å².